The largest absolute Gasteiger partial charge is 0.484 e. The van der Waals surface area contributed by atoms with E-state index in [2.05, 4.69) is 5.32 Å². The molecule has 0 aromatic heterocycles. The average Bonchev–Trinajstić information content (AvgIpc) is 2.74. The normalized spacial score (nSPS) is 18.7. The Morgan fingerprint density at radius 2 is 1.66 bits per heavy atom. The topological polar surface area (TPSA) is 64.6 Å². The lowest BCUT2D eigenvalue weighted by Gasteiger charge is -2.28. The van der Waals surface area contributed by atoms with Crippen LogP contribution in [0.25, 0.3) is 0 Å². The highest BCUT2D eigenvalue weighted by Gasteiger charge is 2.24. The molecular formula is C23H26ClNO4. The van der Waals surface area contributed by atoms with Crippen LogP contribution in [0.1, 0.15) is 37.7 Å². The standard InChI is InChI=1S/C23H26ClNO4/c24-19-10-6-18(7-11-19)15-29-23(27)14-17-8-12-20(13-9-17)25-22(26)16-28-21-4-2-1-3-5-21/h1-7,10-11,17,20H,8-9,12-16H2,(H,25,26). The maximum atomic E-state index is 12.1. The van der Waals surface area contributed by atoms with Crippen LogP contribution < -0.4 is 10.1 Å². The van der Waals surface area contributed by atoms with E-state index in [4.69, 9.17) is 21.1 Å². The van der Waals surface area contributed by atoms with Crippen molar-refractivity contribution in [1.82, 2.24) is 5.32 Å². The molecule has 1 aliphatic carbocycles. The molecule has 1 fully saturated rings. The first-order valence-electron chi connectivity index (χ1n) is 9.96. The number of rotatable bonds is 8. The van der Waals surface area contributed by atoms with Crippen molar-refractivity contribution in [1.29, 1.82) is 0 Å². The number of halogens is 1. The molecule has 1 amide bonds. The van der Waals surface area contributed by atoms with Crippen molar-refractivity contribution >= 4 is 23.5 Å². The molecule has 5 nitrogen and oxygen atoms in total. The lowest BCUT2D eigenvalue weighted by atomic mass is 9.84. The third kappa shape index (κ3) is 7.42. The summed E-state index contributed by atoms with van der Waals surface area (Å²) in [5.41, 5.74) is 0.923. The van der Waals surface area contributed by atoms with Crippen molar-refractivity contribution in [2.45, 2.75) is 44.8 Å². The van der Waals surface area contributed by atoms with Gasteiger partial charge < -0.3 is 14.8 Å². The van der Waals surface area contributed by atoms with Crippen LogP contribution in [0.3, 0.4) is 0 Å². The second-order valence-electron chi connectivity index (χ2n) is 7.38. The molecule has 29 heavy (non-hydrogen) atoms. The Labute approximate surface area is 176 Å². The summed E-state index contributed by atoms with van der Waals surface area (Å²) in [6.45, 7) is 0.282. The van der Waals surface area contributed by atoms with E-state index in [9.17, 15) is 9.59 Å². The average molecular weight is 416 g/mol. The third-order valence-electron chi connectivity index (χ3n) is 5.09. The summed E-state index contributed by atoms with van der Waals surface area (Å²) < 4.78 is 10.8. The summed E-state index contributed by atoms with van der Waals surface area (Å²) in [5.74, 6) is 0.702. The Hall–Kier alpha value is -2.53. The summed E-state index contributed by atoms with van der Waals surface area (Å²) in [5, 5.41) is 3.69. The van der Waals surface area contributed by atoms with Crippen LogP contribution in [0, 0.1) is 5.92 Å². The molecular weight excluding hydrogens is 390 g/mol. The molecule has 0 bridgehead atoms. The van der Waals surface area contributed by atoms with Crippen LogP contribution in [0.2, 0.25) is 5.02 Å². The van der Waals surface area contributed by atoms with Gasteiger partial charge in [-0.15, -0.1) is 0 Å². The van der Waals surface area contributed by atoms with Crippen LogP contribution in [0.5, 0.6) is 5.75 Å². The molecule has 6 heteroatoms. The Morgan fingerprint density at radius 1 is 0.966 bits per heavy atom. The Kier molecular flexibility index (Phi) is 7.94. The molecule has 154 valence electrons. The van der Waals surface area contributed by atoms with E-state index < -0.39 is 0 Å². The van der Waals surface area contributed by atoms with Gasteiger partial charge in [-0.1, -0.05) is 41.9 Å². The first kappa shape index (κ1) is 21.2. The highest BCUT2D eigenvalue weighted by atomic mass is 35.5. The molecule has 1 aliphatic rings. The van der Waals surface area contributed by atoms with Crippen molar-refractivity contribution in [3.8, 4) is 5.75 Å². The maximum Gasteiger partial charge on any atom is 0.306 e. The van der Waals surface area contributed by atoms with Gasteiger partial charge in [0.05, 0.1) is 0 Å². The fourth-order valence-electron chi connectivity index (χ4n) is 3.48. The number of amides is 1. The Bertz CT molecular complexity index is 786. The molecule has 0 radical (unpaired) electrons. The Morgan fingerprint density at radius 3 is 2.34 bits per heavy atom. The maximum absolute atomic E-state index is 12.1. The van der Waals surface area contributed by atoms with Gasteiger partial charge in [-0.2, -0.15) is 0 Å². The Balaban J connectivity index is 1.30. The van der Waals surface area contributed by atoms with Gasteiger partial charge in [0.25, 0.3) is 5.91 Å². The van der Waals surface area contributed by atoms with Crippen molar-refractivity contribution in [3.05, 3.63) is 65.2 Å². The second kappa shape index (κ2) is 10.9. The highest BCUT2D eigenvalue weighted by Crippen LogP contribution is 2.27. The number of hydrogen-bond acceptors (Lipinski definition) is 4. The third-order valence-corrected chi connectivity index (χ3v) is 5.35. The number of esters is 1. The van der Waals surface area contributed by atoms with Gasteiger partial charge >= 0.3 is 5.97 Å². The number of nitrogens with one attached hydrogen (secondary N) is 1. The van der Waals surface area contributed by atoms with E-state index in [-0.39, 0.29) is 31.1 Å². The number of carbonyl (C=O) groups is 2. The number of para-hydroxylation sites is 1. The molecule has 0 atom stereocenters. The lowest BCUT2D eigenvalue weighted by Crippen LogP contribution is -2.40. The van der Waals surface area contributed by atoms with E-state index in [1.165, 1.54) is 0 Å². The van der Waals surface area contributed by atoms with E-state index in [0.717, 1.165) is 31.2 Å². The molecule has 0 spiro atoms. The summed E-state index contributed by atoms with van der Waals surface area (Å²) in [6, 6.07) is 16.7. The molecule has 2 aromatic carbocycles. The quantitative estimate of drug-likeness (QED) is 0.643. The number of carbonyl (C=O) groups excluding carboxylic acids is 2. The van der Waals surface area contributed by atoms with Crippen LogP contribution in [0.15, 0.2) is 54.6 Å². The minimum Gasteiger partial charge on any atom is -0.484 e. The summed E-state index contributed by atoms with van der Waals surface area (Å²) in [7, 11) is 0. The van der Waals surface area contributed by atoms with E-state index in [1.54, 1.807) is 12.1 Å². The van der Waals surface area contributed by atoms with E-state index in [0.29, 0.717) is 23.1 Å². The van der Waals surface area contributed by atoms with E-state index in [1.807, 2.05) is 42.5 Å². The van der Waals surface area contributed by atoms with Gasteiger partial charge in [0.15, 0.2) is 6.61 Å². The fourth-order valence-corrected chi connectivity index (χ4v) is 3.61. The zero-order valence-corrected chi connectivity index (χ0v) is 17.1. The zero-order chi connectivity index (χ0) is 20.5. The van der Waals surface area contributed by atoms with Crippen LogP contribution >= 0.6 is 11.6 Å². The van der Waals surface area contributed by atoms with Crippen molar-refractivity contribution < 1.29 is 19.1 Å². The summed E-state index contributed by atoms with van der Waals surface area (Å²) in [4.78, 5) is 24.2. The smallest absolute Gasteiger partial charge is 0.306 e. The molecule has 0 heterocycles. The molecule has 0 unspecified atom stereocenters. The first-order valence-corrected chi connectivity index (χ1v) is 10.3. The lowest BCUT2D eigenvalue weighted by molar-refractivity contribution is -0.146. The SMILES string of the molecule is O=C(COc1ccccc1)NC1CCC(CC(=O)OCc2ccc(Cl)cc2)CC1. The van der Waals surface area contributed by atoms with Crippen LogP contribution in [-0.2, 0) is 20.9 Å². The van der Waals surface area contributed by atoms with E-state index >= 15 is 0 Å². The predicted molar refractivity (Wildman–Crippen MR) is 112 cm³/mol. The molecule has 1 saturated carbocycles. The van der Waals surface area contributed by atoms with Gasteiger partial charge in [-0.25, -0.2) is 0 Å². The molecule has 3 rings (SSSR count). The summed E-state index contributed by atoms with van der Waals surface area (Å²) in [6.07, 6.45) is 3.96. The number of benzene rings is 2. The van der Waals surface area contributed by atoms with Crippen LogP contribution in [-0.4, -0.2) is 24.5 Å². The molecule has 2 aromatic rings. The second-order valence-corrected chi connectivity index (χ2v) is 7.81. The summed E-state index contributed by atoms with van der Waals surface area (Å²) >= 11 is 5.85. The minimum absolute atomic E-state index is 0.0148. The zero-order valence-electron chi connectivity index (χ0n) is 16.3. The first-order chi connectivity index (χ1) is 14.1. The molecule has 1 N–H and O–H groups in total. The number of hydrogen-bond donors (Lipinski definition) is 1. The highest BCUT2D eigenvalue weighted by molar-refractivity contribution is 6.30. The monoisotopic (exact) mass is 415 g/mol. The minimum atomic E-state index is -0.177. The van der Waals surface area contributed by atoms with Gasteiger partial charge in [0.2, 0.25) is 0 Å². The number of ether oxygens (including phenoxy) is 2. The van der Waals surface area contributed by atoms with Gasteiger partial charge in [0.1, 0.15) is 12.4 Å². The fraction of sp³-hybridized carbons (Fsp3) is 0.391. The van der Waals surface area contributed by atoms with Crippen molar-refractivity contribution in [2.24, 2.45) is 5.92 Å². The van der Waals surface area contributed by atoms with Crippen LogP contribution in [0.4, 0.5) is 0 Å². The van der Waals surface area contributed by atoms with Crippen molar-refractivity contribution in [2.75, 3.05) is 6.61 Å². The van der Waals surface area contributed by atoms with Gasteiger partial charge in [0, 0.05) is 17.5 Å². The predicted octanol–water partition coefficient (Wildman–Crippen LogP) is 4.53. The molecule has 0 saturated heterocycles. The van der Waals surface area contributed by atoms with Crippen molar-refractivity contribution in [3.63, 3.8) is 0 Å². The molecule has 0 aliphatic heterocycles. The van der Waals surface area contributed by atoms with Gasteiger partial charge in [-0.3, -0.25) is 9.59 Å². The van der Waals surface area contributed by atoms with Gasteiger partial charge in [-0.05, 0) is 61.4 Å².